The highest BCUT2D eigenvalue weighted by Gasteiger charge is 2.52. The Hall–Kier alpha value is -1.38. The van der Waals surface area contributed by atoms with Crippen molar-refractivity contribution in [3.8, 4) is 0 Å². The molecule has 1 aliphatic heterocycles. The maximum atomic E-state index is 14.4. The zero-order valence-electron chi connectivity index (χ0n) is 17.5. The van der Waals surface area contributed by atoms with Crippen LogP contribution in [-0.2, 0) is 14.0 Å². The zero-order chi connectivity index (χ0) is 21.3. The molecule has 0 radical (unpaired) electrons. The summed E-state index contributed by atoms with van der Waals surface area (Å²) < 4.78 is 32.4. The van der Waals surface area contributed by atoms with Gasteiger partial charge in [0, 0.05) is 16.6 Å². The zero-order valence-corrected chi connectivity index (χ0v) is 19.1. The van der Waals surface area contributed by atoms with Gasteiger partial charge in [0.15, 0.2) is 0 Å². The van der Waals surface area contributed by atoms with E-state index < -0.39 is 30.0 Å². The van der Waals surface area contributed by atoms with Gasteiger partial charge in [-0.1, -0.05) is 28.1 Å². The molecule has 1 aliphatic rings. The highest BCUT2D eigenvalue weighted by Crippen LogP contribution is 2.38. The minimum absolute atomic E-state index is 0.0985. The number of benzene rings is 1. The van der Waals surface area contributed by atoms with Gasteiger partial charge in [-0.25, -0.2) is 9.18 Å². The molecule has 0 aliphatic carbocycles. The van der Waals surface area contributed by atoms with E-state index in [-0.39, 0.29) is 12.4 Å². The molecule has 2 rings (SSSR count). The van der Waals surface area contributed by atoms with Gasteiger partial charge < -0.3 is 19.4 Å². The fourth-order valence-electron chi connectivity index (χ4n) is 2.50. The number of alkyl carbamates (subject to hydrolysis) is 1. The Bertz CT molecular complexity index is 758. The third kappa shape index (κ3) is 5.81. The van der Waals surface area contributed by atoms with E-state index in [1.165, 1.54) is 6.07 Å². The van der Waals surface area contributed by atoms with E-state index in [0.29, 0.717) is 15.5 Å². The molecule has 1 saturated heterocycles. The molecular weight excluding hydrogens is 428 g/mol. The average molecular weight is 456 g/mol. The highest BCUT2D eigenvalue weighted by atomic mass is 79.9. The Morgan fingerprint density at radius 2 is 1.82 bits per heavy atom. The third-order valence-electron chi connectivity index (χ3n) is 4.70. The topological polar surface area (TPSA) is 56.8 Å². The Labute approximate surface area is 175 Å². The van der Waals surface area contributed by atoms with E-state index >= 15 is 0 Å². The second kappa shape index (κ2) is 8.16. The number of hydrogen-bond acceptors (Lipinski definition) is 4. The minimum Gasteiger partial charge on any atom is -0.444 e. The van der Waals surface area contributed by atoms with Gasteiger partial charge in [0.05, 0.1) is 11.2 Å². The molecule has 1 fully saturated rings. The van der Waals surface area contributed by atoms with Crippen molar-refractivity contribution in [2.75, 3.05) is 6.54 Å². The second-order valence-corrected chi connectivity index (χ2v) is 9.74. The van der Waals surface area contributed by atoms with Gasteiger partial charge in [0.1, 0.15) is 11.4 Å². The van der Waals surface area contributed by atoms with Crippen LogP contribution in [0.15, 0.2) is 28.1 Å². The van der Waals surface area contributed by atoms with Crippen molar-refractivity contribution >= 4 is 35.2 Å². The molecule has 8 heteroatoms. The van der Waals surface area contributed by atoms with Gasteiger partial charge in [-0.15, -0.1) is 0 Å². The van der Waals surface area contributed by atoms with E-state index in [4.69, 9.17) is 14.0 Å². The van der Waals surface area contributed by atoms with Crippen LogP contribution in [0.1, 0.15) is 54.0 Å². The van der Waals surface area contributed by atoms with Gasteiger partial charge in [0.2, 0.25) is 0 Å². The summed E-state index contributed by atoms with van der Waals surface area (Å²) in [5.74, 6) is -0.388. The van der Waals surface area contributed by atoms with Crippen molar-refractivity contribution in [2.24, 2.45) is 0 Å². The Kier molecular flexibility index (Phi) is 6.68. The summed E-state index contributed by atoms with van der Waals surface area (Å²) in [6, 6.07) is 4.78. The molecule has 28 heavy (non-hydrogen) atoms. The van der Waals surface area contributed by atoms with Gasteiger partial charge in [0.25, 0.3) is 0 Å². The van der Waals surface area contributed by atoms with Gasteiger partial charge in [-0.2, -0.15) is 0 Å². The van der Waals surface area contributed by atoms with Gasteiger partial charge in [-0.05, 0) is 66.1 Å². The summed E-state index contributed by atoms with van der Waals surface area (Å²) in [5.41, 5.74) is -0.762. The number of nitrogens with one attached hydrogen (secondary N) is 1. The molecule has 0 unspecified atom stereocenters. The molecule has 5 nitrogen and oxygen atoms in total. The minimum atomic E-state index is -0.719. The van der Waals surface area contributed by atoms with Crippen molar-refractivity contribution in [1.82, 2.24) is 5.32 Å². The van der Waals surface area contributed by atoms with Crippen LogP contribution in [0.5, 0.6) is 0 Å². The van der Waals surface area contributed by atoms with Crippen LogP contribution < -0.4 is 5.32 Å². The first-order valence-corrected chi connectivity index (χ1v) is 9.97. The fraction of sp³-hybridized carbons (Fsp3) is 0.550. The molecule has 1 aromatic rings. The number of hydrogen-bond donors (Lipinski definition) is 1. The number of amides is 1. The summed E-state index contributed by atoms with van der Waals surface area (Å²) in [4.78, 5) is 12.1. The molecular formula is C20H28BBrFNO4. The van der Waals surface area contributed by atoms with Gasteiger partial charge in [-0.3, -0.25) is 0 Å². The van der Waals surface area contributed by atoms with E-state index in [1.807, 2.05) is 27.7 Å². The van der Waals surface area contributed by atoms with Crippen LogP contribution in [0.2, 0.25) is 0 Å². The lowest BCUT2D eigenvalue weighted by Gasteiger charge is -2.32. The molecule has 154 valence electrons. The van der Waals surface area contributed by atoms with Crippen LogP contribution in [0.4, 0.5) is 9.18 Å². The maximum Gasteiger partial charge on any atom is 0.492 e. The van der Waals surface area contributed by atoms with E-state index in [1.54, 1.807) is 39.0 Å². The summed E-state index contributed by atoms with van der Waals surface area (Å²) in [6.07, 6.45) is 1.08. The van der Waals surface area contributed by atoms with Crippen molar-refractivity contribution in [2.45, 2.75) is 65.3 Å². The number of rotatable bonds is 4. The van der Waals surface area contributed by atoms with E-state index in [2.05, 4.69) is 21.2 Å². The summed E-state index contributed by atoms with van der Waals surface area (Å²) >= 11 is 3.25. The average Bonchev–Trinajstić information content (AvgIpc) is 2.71. The largest absolute Gasteiger partial charge is 0.492 e. The smallest absolute Gasteiger partial charge is 0.444 e. The van der Waals surface area contributed by atoms with Crippen LogP contribution in [-0.4, -0.2) is 36.6 Å². The molecule has 0 saturated carbocycles. The lowest BCUT2D eigenvalue weighted by molar-refractivity contribution is 0.00578. The summed E-state index contributed by atoms with van der Waals surface area (Å²) in [5, 5.41) is 2.70. The fourth-order valence-corrected chi connectivity index (χ4v) is 2.84. The Morgan fingerprint density at radius 1 is 1.25 bits per heavy atom. The first-order valence-electron chi connectivity index (χ1n) is 9.18. The number of carbonyl (C=O) groups excluding carboxylic acids is 1. The molecule has 1 amide bonds. The predicted octanol–water partition coefficient (Wildman–Crippen LogP) is 5.13. The second-order valence-electron chi connectivity index (χ2n) is 8.83. The molecule has 0 aromatic heterocycles. The van der Waals surface area contributed by atoms with E-state index in [0.717, 1.165) is 0 Å². The number of halogens is 2. The maximum absolute atomic E-state index is 14.4. The molecule has 0 atom stereocenters. The Morgan fingerprint density at radius 3 is 2.32 bits per heavy atom. The first-order chi connectivity index (χ1) is 12.7. The molecule has 0 bridgehead atoms. The number of carbonyl (C=O) groups is 1. The first kappa shape index (κ1) is 22.9. The van der Waals surface area contributed by atoms with Crippen molar-refractivity contribution in [3.63, 3.8) is 0 Å². The standard InChI is InChI=1S/C20H28BBrFNO4/c1-18(2,3)26-17(25)24-12-14(10-13-8-9-15(22)11-16(13)23)21-27-19(4,5)20(6,7)28-21/h8-11H,12H2,1-7H3,(H,24,25). The normalized spacial score (nSPS) is 18.9. The SMILES string of the molecule is CC(C)(C)OC(=O)NCC(=Cc1ccc(Br)cc1F)B1OC(C)(C)C(C)(C)O1. The van der Waals surface area contributed by atoms with Crippen molar-refractivity contribution in [3.05, 3.63) is 39.5 Å². The molecule has 1 N–H and O–H groups in total. The van der Waals surface area contributed by atoms with Crippen LogP contribution in [0, 0.1) is 5.82 Å². The van der Waals surface area contributed by atoms with Crippen molar-refractivity contribution in [1.29, 1.82) is 0 Å². The molecule has 1 aromatic carbocycles. The van der Waals surface area contributed by atoms with Gasteiger partial charge >= 0.3 is 13.2 Å². The number of ether oxygens (including phenoxy) is 1. The molecule has 0 spiro atoms. The van der Waals surface area contributed by atoms with Crippen LogP contribution >= 0.6 is 15.9 Å². The van der Waals surface area contributed by atoms with Crippen LogP contribution in [0.3, 0.4) is 0 Å². The predicted molar refractivity (Wildman–Crippen MR) is 112 cm³/mol. The third-order valence-corrected chi connectivity index (χ3v) is 5.19. The lowest BCUT2D eigenvalue weighted by atomic mass is 9.77. The molecule has 1 heterocycles. The highest BCUT2D eigenvalue weighted by molar-refractivity contribution is 9.10. The Balaban J connectivity index is 2.28. The summed E-state index contributed by atoms with van der Waals surface area (Å²) in [6.45, 7) is 13.2. The lowest BCUT2D eigenvalue weighted by Crippen LogP contribution is -2.41. The van der Waals surface area contributed by atoms with Crippen molar-refractivity contribution < 1.29 is 23.2 Å². The van der Waals surface area contributed by atoms with Crippen LogP contribution in [0.25, 0.3) is 6.08 Å². The quantitative estimate of drug-likeness (QED) is 0.639. The van der Waals surface area contributed by atoms with E-state index in [9.17, 15) is 9.18 Å². The summed E-state index contributed by atoms with van der Waals surface area (Å²) in [7, 11) is -0.719. The monoisotopic (exact) mass is 455 g/mol.